The summed E-state index contributed by atoms with van der Waals surface area (Å²) in [5.74, 6) is -1.90. The number of benzene rings is 1. The van der Waals surface area contributed by atoms with Crippen molar-refractivity contribution in [1.29, 1.82) is 0 Å². The number of esters is 1. The van der Waals surface area contributed by atoms with Gasteiger partial charge in [-0.05, 0) is 62.9 Å². The van der Waals surface area contributed by atoms with Gasteiger partial charge >= 0.3 is 5.97 Å². The molecule has 3 rings (SSSR count). The molecule has 0 spiro atoms. The maximum absolute atomic E-state index is 15.0. The molecule has 0 saturated carbocycles. The minimum absolute atomic E-state index is 0.0419. The van der Waals surface area contributed by atoms with Crippen molar-refractivity contribution in [2.24, 2.45) is 17.6 Å². The Bertz CT molecular complexity index is 1260. The first-order valence-electron chi connectivity index (χ1n) is 11.9. The molecule has 4 N–H and O–H groups in total. The number of rotatable bonds is 9. The second-order valence-electron chi connectivity index (χ2n) is 10.3. The van der Waals surface area contributed by atoms with Gasteiger partial charge in [0, 0.05) is 23.3 Å². The molecular formula is C27H34FN5O3. The number of pyridine rings is 2. The van der Waals surface area contributed by atoms with E-state index in [0.717, 1.165) is 17.0 Å². The number of anilines is 3. The van der Waals surface area contributed by atoms with Gasteiger partial charge in [0.15, 0.2) is 11.6 Å². The van der Waals surface area contributed by atoms with Gasteiger partial charge in [0.05, 0.1) is 17.5 Å². The molecule has 8 nitrogen and oxygen atoms in total. The van der Waals surface area contributed by atoms with Gasteiger partial charge in [0.1, 0.15) is 11.4 Å². The Labute approximate surface area is 210 Å². The number of ether oxygens (including phenoxy) is 1. The van der Waals surface area contributed by atoms with Crippen LogP contribution in [0.3, 0.4) is 0 Å². The van der Waals surface area contributed by atoms with Gasteiger partial charge in [0.2, 0.25) is 0 Å². The van der Waals surface area contributed by atoms with Gasteiger partial charge in [-0.25, -0.2) is 9.37 Å². The van der Waals surface area contributed by atoms with Gasteiger partial charge in [-0.15, -0.1) is 0 Å². The van der Waals surface area contributed by atoms with Crippen LogP contribution >= 0.6 is 0 Å². The average molecular weight is 496 g/mol. The van der Waals surface area contributed by atoms with E-state index in [-0.39, 0.29) is 47.5 Å². The van der Waals surface area contributed by atoms with E-state index in [4.69, 9.17) is 10.5 Å². The van der Waals surface area contributed by atoms with Crippen LogP contribution in [0.5, 0.6) is 0 Å². The molecule has 3 aromatic rings. The molecular weight excluding hydrogens is 461 g/mol. The third-order valence-electron chi connectivity index (χ3n) is 5.65. The number of hydrogen-bond donors (Lipinski definition) is 3. The molecule has 1 amide bonds. The molecule has 192 valence electrons. The minimum atomic E-state index is -0.809. The van der Waals surface area contributed by atoms with E-state index in [0.29, 0.717) is 5.69 Å². The van der Waals surface area contributed by atoms with Gasteiger partial charge < -0.3 is 21.1 Å². The van der Waals surface area contributed by atoms with Crippen LogP contribution in [0.15, 0.2) is 42.6 Å². The zero-order valence-electron chi connectivity index (χ0n) is 21.6. The topological polar surface area (TPSA) is 119 Å². The van der Waals surface area contributed by atoms with Crippen molar-refractivity contribution in [3.8, 4) is 0 Å². The van der Waals surface area contributed by atoms with Crippen LogP contribution in [0, 0.1) is 17.7 Å². The molecule has 0 bridgehead atoms. The van der Waals surface area contributed by atoms with Crippen LogP contribution in [0.1, 0.15) is 58.3 Å². The normalized spacial score (nSPS) is 13.3. The number of nitrogens with zero attached hydrogens (tertiary/aromatic N) is 2. The number of fused-ring (bicyclic) bond motifs is 1. The number of carbonyl (C=O) groups excluding carboxylic acids is 2. The Morgan fingerprint density at radius 2 is 1.83 bits per heavy atom. The fourth-order valence-electron chi connectivity index (χ4n) is 4.06. The number of halogens is 1. The number of amides is 1. The van der Waals surface area contributed by atoms with Crippen LogP contribution in [-0.2, 0) is 9.53 Å². The molecule has 0 radical (unpaired) electrons. The SMILES string of the molecule is CC(C)[C@@H](Nc1nc(Nc2ccc3ncccc3c2)c(C(N)=O)cc1F)[C@H](C)CC(=O)OC(C)(C)C. The van der Waals surface area contributed by atoms with Gasteiger partial charge in [-0.2, -0.15) is 0 Å². The molecule has 0 aliphatic heterocycles. The highest BCUT2D eigenvalue weighted by molar-refractivity contribution is 5.99. The van der Waals surface area contributed by atoms with E-state index < -0.39 is 17.3 Å². The lowest BCUT2D eigenvalue weighted by atomic mass is 9.89. The zero-order valence-corrected chi connectivity index (χ0v) is 21.6. The van der Waals surface area contributed by atoms with Crippen molar-refractivity contribution < 1.29 is 18.7 Å². The zero-order chi connectivity index (χ0) is 26.6. The highest BCUT2D eigenvalue weighted by Crippen LogP contribution is 2.28. The molecule has 0 fully saturated rings. The molecule has 0 aliphatic rings. The molecule has 2 aromatic heterocycles. The maximum Gasteiger partial charge on any atom is 0.306 e. The van der Waals surface area contributed by atoms with Crippen molar-refractivity contribution in [1.82, 2.24) is 9.97 Å². The third kappa shape index (κ3) is 6.90. The highest BCUT2D eigenvalue weighted by Gasteiger charge is 2.27. The molecule has 2 atom stereocenters. The second-order valence-corrected chi connectivity index (χ2v) is 10.3. The van der Waals surface area contributed by atoms with Gasteiger partial charge in [-0.1, -0.05) is 26.8 Å². The summed E-state index contributed by atoms with van der Waals surface area (Å²) in [7, 11) is 0. The lowest BCUT2D eigenvalue weighted by molar-refractivity contribution is -0.156. The summed E-state index contributed by atoms with van der Waals surface area (Å²) in [6.45, 7) is 11.3. The Balaban J connectivity index is 1.89. The van der Waals surface area contributed by atoms with Crippen molar-refractivity contribution in [2.75, 3.05) is 10.6 Å². The predicted octanol–water partition coefficient (Wildman–Crippen LogP) is 5.42. The van der Waals surface area contributed by atoms with Crippen LogP contribution in [0.2, 0.25) is 0 Å². The summed E-state index contributed by atoms with van der Waals surface area (Å²) in [4.78, 5) is 33.1. The summed E-state index contributed by atoms with van der Waals surface area (Å²) in [5.41, 5.74) is 6.30. The summed E-state index contributed by atoms with van der Waals surface area (Å²) in [5, 5.41) is 7.11. The number of primary amides is 1. The number of nitrogens with two attached hydrogens (primary N) is 1. The van der Waals surface area contributed by atoms with Crippen LogP contribution in [0.4, 0.5) is 21.7 Å². The fraction of sp³-hybridized carbons (Fsp3) is 0.407. The van der Waals surface area contributed by atoms with Crippen molar-refractivity contribution in [3.05, 3.63) is 54.0 Å². The molecule has 0 saturated heterocycles. The summed E-state index contributed by atoms with van der Waals surface area (Å²) >= 11 is 0. The number of hydrogen-bond acceptors (Lipinski definition) is 7. The van der Waals surface area contributed by atoms with E-state index in [2.05, 4.69) is 20.6 Å². The number of aromatic nitrogens is 2. The monoisotopic (exact) mass is 495 g/mol. The fourth-order valence-corrected chi connectivity index (χ4v) is 4.06. The molecule has 2 heterocycles. The van der Waals surface area contributed by atoms with Gasteiger partial charge in [-0.3, -0.25) is 14.6 Å². The lowest BCUT2D eigenvalue weighted by Gasteiger charge is -2.30. The van der Waals surface area contributed by atoms with Crippen LogP contribution < -0.4 is 16.4 Å². The Hall–Kier alpha value is -3.75. The molecule has 1 aromatic carbocycles. The first-order valence-corrected chi connectivity index (χ1v) is 11.9. The lowest BCUT2D eigenvalue weighted by Crippen LogP contribution is -2.36. The van der Waals surface area contributed by atoms with Crippen molar-refractivity contribution >= 4 is 40.1 Å². The number of nitrogens with one attached hydrogen (secondary N) is 2. The first kappa shape index (κ1) is 26.8. The van der Waals surface area contributed by atoms with E-state index in [1.807, 2.05) is 65.8 Å². The quantitative estimate of drug-likeness (QED) is 0.339. The summed E-state index contributed by atoms with van der Waals surface area (Å²) < 4.78 is 20.5. The number of carbonyl (C=O) groups is 2. The van der Waals surface area contributed by atoms with Crippen molar-refractivity contribution in [2.45, 2.75) is 59.6 Å². The molecule has 9 heteroatoms. The average Bonchev–Trinajstić information content (AvgIpc) is 2.77. The summed E-state index contributed by atoms with van der Waals surface area (Å²) in [6, 6.07) is 9.98. The molecule has 36 heavy (non-hydrogen) atoms. The Kier molecular flexibility index (Phi) is 8.12. The molecule has 0 unspecified atom stereocenters. The van der Waals surface area contributed by atoms with E-state index in [1.165, 1.54) is 0 Å². The third-order valence-corrected chi connectivity index (χ3v) is 5.65. The van der Waals surface area contributed by atoms with E-state index >= 15 is 4.39 Å². The Morgan fingerprint density at radius 1 is 1.11 bits per heavy atom. The van der Waals surface area contributed by atoms with E-state index in [1.54, 1.807) is 12.3 Å². The van der Waals surface area contributed by atoms with Crippen LogP contribution in [-0.4, -0.2) is 33.5 Å². The molecule has 0 aliphatic carbocycles. The maximum atomic E-state index is 15.0. The first-order chi connectivity index (χ1) is 16.8. The largest absolute Gasteiger partial charge is 0.460 e. The van der Waals surface area contributed by atoms with E-state index in [9.17, 15) is 9.59 Å². The predicted molar refractivity (Wildman–Crippen MR) is 140 cm³/mol. The minimum Gasteiger partial charge on any atom is -0.460 e. The van der Waals surface area contributed by atoms with Crippen LogP contribution in [0.25, 0.3) is 10.9 Å². The Morgan fingerprint density at radius 3 is 2.47 bits per heavy atom. The highest BCUT2D eigenvalue weighted by atomic mass is 19.1. The smallest absolute Gasteiger partial charge is 0.306 e. The summed E-state index contributed by atoms with van der Waals surface area (Å²) in [6.07, 6.45) is 1.86. The second kappa shape index (κ2) is 10.9. The van der Waals surface area contributed by atoms with Crippen molar-refractivity contribution in [3.63, 3.8) is 0 Å². The standard InChI is InChI=1S/C27H34FN5O3/c1-15(2)23(16(3)12-22(34)36-27(4,5)6)32-26-20(28)14-19(24(29)35)25(33-26)31-18-9-10-21-17(13-18)8-7-11-30-21/h7-11,13-16,23H,12H2,1-6H3,(H2,29,35)(H2,31,32,33)/t16-,23-/m1/s1. The van der Waals surface area contributed by atoms with Gasteiger partial charge in [0.25, 0.3) is 5.91 Å².